The Hall–Kier alpha value is -1.88. The molecule has 1 aromatic heterocycles. The van der Waals surface area contributed by atoms with Gasteiger partial charge in [-0.1, -0.05) is 15.9 Å². The van der Waals surface area contributed by atoms with Crippen LogP contribution in [0.5, 0.6) is 0 Å². The van der Waals surface area contributed by atoms with Crippen LogP contribution in [0, 0.1) is 13.8 Å². The Morgan fingerprint density at radius 3 is 2.63 bits per heavy atom. The Bertz CT molecular complexity index is 692. The van der Waals surface area contributed by atoms with E-state index in [1.54, 1.807) is 13.0 Å². The van der Waals surface area contributed by atoms with Crippen LogP contribution in [0.25, 0.3) is 0 Å². The summed E-state index contributed by atoms with van der Waals surface area (Å²) in [6, 6.07) is 6.93. The lowest BCUT2D eigenvalue weighted by Crippen LogP contribution is -2.21. The van der Waals surface area contributed by atoms with Crippen molar-refractivity contribution < 1.29 is 4.79 Å². The number of carbonyl (C=O) groups excluding carboxylic acids is 1. The average molecular weight is 321 g/mol. The lowest BCUT2D eigenvalue weighted by atomic mass is 10.2. The Kier molecular flexibility index (Phi) is 3.85. The standard InChI is InChI=1S/C14H13BrN2O2/c1-8-5-10(15)3-4-12(8)17-14(19)11-7-16-9(2)6-13(11)18/h3-7H,1-2H3,(H,16,18)(H,17,19). The third kappa shape index (κ3) is 3.12. The molecule has 1 aromatic carbocycles. The Labute approximate surface area is 119 Å². The quantitative estimate of drug-likeness (QED) is 0.893. The number of pyridine rings is 1. The summed E-state index contributed by atoms with van der Waals surface area (Å²) in [6.45, 7) is 3.65. The second-order valence-corrected chi connectivity index (χ2v) is 5.22. The molecule has 2 rings (SSSR count). The van der Waals surface area contributed by atoms with Crippen LogP contribution in [0.1, 0.15) is 21.6 Å². The highest BCUT2D eigenvalue weighted by molar-refractivity contribution is 9.10. The van der Waals surface area contributed by atoms with Crippen LogP contribution in [0.15, 0.2) is 39.7 Å². The van der Waals surface area contributed by atoms with E-state index in [0.29, 0.717) is 5.69 Å². The molecule has 0 radical (unpaired) electrons. The molecule has 4 nitrogen and oxygen atoms in total. The van der Waals surface area contributed by atoms with Crippen molar-refractivity contribution in [3.8, 4) is 0 Å². The van der Waals surface area contributed by atoms with Gasteiger partial charge in [-0.25, -0.2) is 0 Å². The van der Waals surface area contributed by atoms with E-state index >= 15 is 0 Å². The minimum absolute atomic E-state index is 0.105. The van der Waals surface area contributed by atoms with Crippen molar-refractivity contribution in [1.29, 1.82) is 0 Å². The van der Waals surface area contributed by atoms with Gasteiger partial charge < -0.3 is 10.3 Å². The fourth-order valence-electron chi connectivity index (χ4n) is 1.71. The molecule has 0 aliphatic heterocycles. The number of aromatic amines is 1. The Balaban J connectivity index is 2.28. The Morgan fingerprint density at radius 2 is 2.00 bits per heavy atom. The van der Waals surface area contributed by atoms with Gasteiger partial charge in [0.25, 0.3) is 5.91 Å². The number of hydrogen-bond acceptors (Lipinski definition) is 2. The third-order valence-electron chi connectivity index (χ3n) is 2.74. The molecule has 0 fully saturated rings. The van der Waals surface area contributed by atoms with Crippen LogP contribution in [-0.4, -0.2) is 10.9 Å². The first-order chi connectivity index (χ1) is 8.97. The van der Waals surface area contributed by atoms with Crippen LogP contribution in [-0.2, 0) is 0 Å². The van der Waals surface area contributed by atoms with Gasteiger partial charge >= 0.3 is 0 Å². The predicted molar refractivity (Wildman–Crippen MR) is 78.6 cm³/mol. The number of benzene rings is 1. The molecule has 2 N–H and O–H groups in total. The predicted octanol–water partition coefficient (Wildman–Crippen LogP) is 3.01. The summed E-state index contributed by atoms with van der Waals surface area (Å²) >= 11 is 3.36. The molecule has 0 spiro atoms. The van der Waals surface area contributed by atoms with Crippen LogP contribution in [0.3, 0.4) is 0 Å². The average Bonchev–Trinajstić information content (AvgIpc) is 2.32. The fraction of sp³-hybridized carbons (Fsp3) is 0.143. The third-order valence-corrected chi connectivity index (χ3v) is 3.23. The molecule has 98 valence electrons. The Morgan fingerprint density at radius 1 is 1.26 bits per heavy atom. The minimum atomic E-state index is -0.410. The van der Waals surface area contributed by atoms with Gasteiger partial charge in [-0.2, -0.15) is 0 Å². The van der Waals surface area contributed by atoms with E-state index in [9.17, 15) is 9.59 Å². The number of H-pyrrole nitrogens is 1. The number of anilines is 1. The maximum absolute atomic E-state index is 12.0. The normalized spacial score (nSPS) is 10.3. The SMILES string of the molecule is Cc1cc(=O)c(C(=O)Nc2ccc(Br)cc2C)c[nH]1. The summed E-state index contributed by atoms with van der Waals surface area (Å²) in [5.41, 5.74) is 2.15. The number of aromatic nitrogens is 1. The molecular weight excluding hydrogens is 308 g/mol. The van der Waals surface area contributed by atoms with Gasteiger partial charge in [-0.15, -0.1) is 0 Å². The molecule has 0 aliphatic rings. The van der Waals surface area contributed by atoms with E-state index in [1.165, 1.54) is 12.3 Å². The van der Waals surface area contributed by atoms with Crippen LogP contribution < -0.4 is 10.7 Å². The van der Waals surface area contributed by atoms with Gasteiger partial charge in [0.1, 0.15) is 5.56 Å². The number of aryl methyl sites for hydroxylation is 2. The number of hydrogen-bond donors (Lipinski definition) is 2. The largest absolute Gasteiger partial charge is 0.364 e. The van der Waals surface area contributed by atoms with Gasteiger partial charge in [0.15, 0.2) is 5.43 Å². The van der Waals surface area contributed by atoms with Crippen molar-refractivity contribution in [3.05, 3.63) is 62.0 Å². The zero-order valence-corrected chi connectivity index (χ0v) is 12.2. The number of halogens is 1. The highest BCUT2D eigenvalue weighted by atomic mass is 79.9. The zero-order valence-electron chi connectivity index (χ0n) is 10.6. The molecule has 0 unspecified atom stereocenters. The second kappa shape index (κ2) is 5.40. The first kappa shape index (κ1) is 13.5. The van der Waals surface area contributed by atoms with Gasteiger partial charge in [0.2, 0.25) is 0 Å². The van der Waals surface area contributed by atoms with Crippen molar-refractivity contribution in [3.63, 3.8) is 0 Å². The molecule has 5 heteroatoms. The van der Waals surface area contributed by atoms with E-state index in [2.05, 4.69) is 26.2 Å². The summed E-state index contributed by atoms with van der Waals surface area (Å²) in [5, 5.41) is 2.73. The molecule has 0 aliphatic carbocycles. The minimum Gasteiger partial charge on any atom is -0.364 e. The van der Waals surface area contributed by atoms with E-state index in [4.69, 9.17) is 0 Å². The molecule has 1 heterocycles. The highest BCUT2D eigenvalue weighted by Gasteiger charge is 2.11. The van der Waals surface area contributed by atoms with Crippen LogP contribution in [0.4, 0.5) is 5.69 Å². The molecule has 0 saturated heterocycles. The lowest BCUT2D eigenvalue weighted by Gasteiger charge is -2.08. The molecule has 0 saturated carbocycles. The molecule has 2 aromatic rings. The number of rotatable bonds is 2. The summed E-state index contributed by atoms with van der Waals surface area (Å²) in [4.78, 5) is 26.6. The van der Waals surface area contributed by atoms with Crippen molar-refractivity contribution >= 4 is 27.5 Å². The monoisotopic (exact) mass is 320 g/mol. The molecule has 0 atom stereocenters. The van der Waals surface area contributed by atoms with Crippen molar-refractivity contribution in [1.82, 2.24) is 4.98 Å². The molecule has 19 heavy (non-hydrogen) atoms. The molecular formula is C14H13BrN2O2. The van der Waals surface area contributed by atoms with Crippen molar-refractivity contribution in [2.75, 3.05) is 5.32 Å². The van der Waals surface area contributed by atoms with Gasteiger partial charge in [-0.3, -0.25) is 9.59 Å². The summed E-state index contributed by atoms with van der Waals surface area (Å²) in [7, 11) is 0. The van der Waals surface area contributed by atoms with Crippen LogP contribution in [0.2, 0.25) is 0 Å². The molecule has 0 bridgehead atoms. The molecule has 1 amide bonds. The fourth-order valence-corrected chi connectivity index (χ4v) is 2.18. The van der Waals surface area contributed by atoms with E-state index < -0.39 is 5.91 Å². The van der Waals surface area contributed by atoms with Crippen molar-refractivity contribution in [2.45, 2.75) is 13.8 Å². The summed E-state index contributed by atoms with van der Waals surface area (Å²) in [6.07, 6.45) is 1.43. The van der Waals surface area contributed by atoms with E-state index in [1.807, 2.05) is 19.1 Å². The van der Waals surface area contributed by atoms with E-state index in [0.717, 1.165) is 15.7 Å². The lowest BCUT2D eigenvalue weighted by molar-refractivity contribution is 0.102. The van der Waals surface area contributed by atoms with Crippen LogP contribution >= 0.6 is 15.9 Å². The second-order valence-electron chi connectivity index (χ2n) is 4.31. The number of carbonyl (C=O) groups is 1. The zero-order chi connectivity index (χ0) is 14.0. The number of nitrogens with one attached hydrogen (secondary N) is 2. The maximum Gasteiger partial charge on any atom is 0.261 e. The first-order valence-electron chi connectivity index (χ1n) is 5.74. The smallest absolute Gasteiger partial charge is 0.261 e. The summed E-state index contributed by atoms with van der Waals surface area (Å²) in [5.74, 6) is -0.410. The first-order valence-corrected chi connectivity index (χ1v) is 6.53. The topological polar surface area (TPSA) is 62.0 Å². The van der Waals surface area contributed by atoms with Crippen molar-refractivity contribution in [2.24, 2.45) is 0 Å². The maximum atomic E-state index is 12.0. The van der Waals surface area contributed by atoms with E-state index in [-0.39, 0.29) is 11.0 Å². The highest BCUT2D eigenvalue weighted by Crippen LogP contribution is 2.20. The number of amides is 1. The van der Waals surface area contributed by atoms with Gasteiger partial charge in [0, 0.05) is 28.1 Å². The van der Waals surface area contributed by atoms with Gasteiger partial charge in [-0.05, 0) is 37.6 Å². The summed E-state index contributed by atoms with van der Waals surface area (Å²) < 4.78 is 0.941. The van der Waals surface area contributed by atoms with Gasteiger partial charge in [0.05, 0.1) is 0 Å².